The number of β-amino-alcohol motifs (C(OH)–C–C–N with tert-alkyl or cyclic N) is 1. The van der Waals surface area contributed by atoms with Crippen molar-refractivity contribution in [3.05, 3.63) is 83.0 Å². The molecular formula is C35H45N3O5. The van der Waals surface area contributed by atoms with E-state index in [2.05, 4.69) is 15.5 Å². The van der Waals surface area contributed by atoms with Gasteiger partial charge in [0, 0.05) is 48.7 Å². The maximum atomic E-state index is 14.3. The van der Waals surface area contributed by atoms with Crippen molar-refractivity contribution in [2.24, 2.45) is 5.92 Å². The van der Waals surface area contributed by atoms with E-state index < -0.39 is 17.1 Å². The fourth-order valence-electron chi connectivity index (χ4n) is 6.28. The molecular weight excluding hydrogens is 542 g/mol. The number of nitrogens with zero attached hydrogens (tertiary/aromatic N) is 1. The maximum absolute atomic E-state index is 14.3. The lowest BCUT2D eigenvalue weighted by Gasteiger charge is -2.47. The topological polar surface area (TPSA) is 119 Å². The van der Waals surface area contributed by atoms with Crippen LogP contribution in [0.1, 0.15) is 82.1 Å². The summed E-state index contributed by atoms with van der Waals surface area (Å²) in [7, 11) is 0. The van der Waals surface area contributed by atoms with Crippen LogP contribution in [0.25, 0.3) is 0 Å². The quantitative estimate of drug-likeness (QED) is 0.225. The van der Waals surface area contributed by atoms with Gasteiger partial charge >= 0.3 is 0 Å². The van der Waals surface area contributed by atoms with E-state index in [0.717, 1.165) is 43.3 Å². The van der Waals surface area contributed by atoms with Gasteiger partial charge in [-0.25, -0.2) is 0 Å². The first-order chi connectivity index (χ1) is 20.4. The number of carbonyl (C=O) groups excluding carboxylic acids is 3. The van der Waals surface area contributed by atoms with Crippen LogP contribution in [0.5, 0.6) is 0 Å². The van der Waals surface area contributed by atoms with Crippen molar-refractivity contribution in [1.29, 1.82) is 0 Å². The van der Waals surface area contributed by atoms with Crippen LogP contribution in [0, 0.1) is 5.92 Å². The molecule has 2 atom stereocenters. The number of hydrogen-bond donors (Lipinski definition) is 4. The summed E-state index contributed by atoms with van der Waals surface area (Å²) in [5, 5.41) is 29.3. The van der Waals surface area contributed by atoms with E-state index in [4.69, 9.17) is 0 Å². The van der Waals surface area contributed by atoms with Crippen molar-refractivity contribution in [2.45, 2.75) is 77.4 Å². The second-order valence-corrected chi connectivity index (χ2v) is 12.7. The van der Waals surface area contributed by atoms with Crippen molar-refractivity contribution in [3.8, 4) is 0 Å². The minimum absolute atomic E-state index is 0.250. The minimum Gasteiger partial charge on any atom is -0.389 e. The number of allylic oxidation sites excluding steroid dienone is 2. The Morgan fingerprint density at radius 1 is 0.837 bits per heavy atom. The molecule has 2 fully saturated rings. The number of Topliss-reactive ketones (excluding diaryl/α,β-unsaturated/α-hetero) is 1. The molecule has 0 bridgehead atoms. The van der Waals surface area contributed by atoms with E-state index >= 15 is 0 Å². The van der Waals surface area contributed by atoms with E-state index in [1.807, 2.05) is 27.7 Å². The Bertz CT molecular complexity index is 1400. The minimum atomic E-state index is -1.51. The molecule has 0 aromatic heterocycles. The number of rotatable bonds is 9. The lowest BCUT2D eigenvalue weighted by molar-refractivity contribution is -0.112. The Morgan fingerprint density at radius 3 is 2.02 bits per heavy atom. The van der Waals surface area contributed by atoms with Crippen LogP contribution in [0.2, 0.25) is 0 Å². The number of anilines is 2. The fraction of sp³-hybridized carbons (Fsp3) is 0.457. The van der Waals surface area contributed by atoms with Crippen LogP contribution in [-0.2, 0) is 15.2 Å². The lowest BCUT2D eigenvalue weighted by atomic mass is 9.72. The van der Waals surface area contributed by atoms with Gasteiger partial charge in [-0.15, -0.1) is 0 Å². The number of carbonyl (C=O) groups is 3. The summed E-state index contributed by atoms with van der Waals surface area (Å²) in [6, 6.07) is 13.8. The van der Waals surface area contributed by atoms with Crippen molar-refractivity contribution in [1.82, 2.24) is 4.90 Å². The summed E-state index contributed by atoms with van der Waals surface area (Å²) in [5.41, 5.74) is 1.36. The number of likely N-dealkylation sites (tertiary alicyclic amines) is 1. The normalized spacial score (nSPS) is 21.8. The number of hydrogen-bond acceptors (Lipinski definition) is 6. The van der Waals surface area contributed by atoms with Gasteiger partial charge in [0.15, 0.2) is 5.78 Å². The second-order valence-electron chi connectivity index (χ2n) is 12.7. The van der Waals surface area contributed by atoms with Gasteiger partial charge < -0.3 is 20.8 Å². The largest absolute Gasteiger partial charge is 0.389 e. The van der Waals surface area contributed by atoms with Gasteiger partial charge in [-0.05, 0) is 76.8 Å². The molecule has 1 aliphatic carbocycles. The molecule has 2 aliphatic rings. The fourth-order valence-corrected chi connectivity index (χ4v) is 6.28. The third-order valence-electron chi connectivity index (χ3n) is 8.33. The van der Waals surface area contributed by atoms with E-state index in [1.54, 1.807) is 48.5 Å². The van der Waals surface area contributed by atoms with Crippen LogP contribution in [0.4, 0.5) is 11.4 Å². The number of aliphatic hydroxyl groups is 2. The van der Waals surface area contributed by atoms with Crippen LogP contribution in [0.15, 0.2) is 71.8 Å². The molecule has 2 amide bonds. The van der Waals surface area contributed by atoms with Crippen LogP contribution < -0.4 is 10.6 Å². The van der Waals surface area contributed by atoms with Gasteiger partial charge in [-0.1, -0.05) is 54.7 Å². The number of nitrogens with one attached hydrogen (secondary N) is 2. The summed E-state index contributed by atoms with van der Waals surface area (Å²) in [6.07, 6.45) is 7.81. The highest BCUT2D eigenvalue weighted by Crippen LogP contribution is 2.41. The number of amides is 2. The lowest BCUT2D eigenvalue weighted by Crippen LogP contribution is -2.56. The first-order valence-electron chi connectivity index (χ1n) is 15.2. The monoisotopic (exact) mass is 587 g/mol. The van der Waals surface area contributed by atoms with E-state index in [0.29, 0.717) is 35.6 Å². The van der Waals surface area contributed by atoms with Crippen LogP contribution >= 0.6 is 0 Å². The zero-order valence-electron chi connectivity index (χ0n) is 25.8. The summed E-state index contributed by atoms with van der Waals surface area (Å²) in [5.74, 6) is -1.64. The first-order valence-corrected chi connectivity index (χ1v) is 15.2. The molecule has 4 N–H and O–H groups in total. The molecule has 43 heavy (non-hydrogen) atoms. The molecule has 1 saturated carbocycles. The Morgan fingerprint density at radius 2 is 1.42 bits per heavy atom. The van der Waals surface area contributed by atoms with Crippen molar-refractivity contribution < 1.29 is 24.6 Å². The third-order valence-corrected chi connectivity index (χ3v) is 8.33. The van der Waals surface area contributed by atoms with E-state index in [-0.39, 0.29) is 30.6 Å². The molecule has 2 aromatic rings. The Balaban J connectivity index is 1.66. The molecule has 8 heteroatoms. The highest BCUT2D eigenvalue weighted by atomic mass is 16.3. The van der Waals surface area contributed by atoms with Gasteiger partial charge in [0.25, 0.3) is 0 Å². The number of benzene rings is 2. The Labute approximate surface area is 254 Å². The van der Waals surface area contributed by atoms with Gasteiger partial charge in [0.1, 0.15) is 5.60 Å². The molecule has 230 valence electrons. The average Bonchev–Trinajstić information content (AvgIpc) is 2.93. The SMILES string of the molecule is CC(C)=CC(=O)Nc1cccc(C(=O)C2CN(CC3(O)CCCCC3)CCC2(O)c2cccc(NC(=O)C=C(C)C)c2)c1. The second kappa shape index (κ2) is 13.8. The predicted molar refractivity (Wildman–Crippen MR) is 170 cm³/mol. The summed E-state index contributed by atoms with van der Waals surface area (Å²) in [4.78, 5) is 41.1. The predicted octanol–water partition coefficient (Wildman–Crippen LogP) is 5.58. The van der Waals surface area contributed by atoms with Crippen molar-refractivity contribution in [3.63, 3.8) is 0 Å². The molecule has 1 heterocycles. The smallest absolute Gasteiger partial charge is 0.248 e. The Kier molecular flexibility index (Phi) is 10.4. The zero-order valence-corrected chi connectivity index (χ0v) is 25.8. The average molecular weight is 588 g/mol. The molecule has 2 aromatic carbocycles. The summed E-state index contributed by atoms with van der Waals surface area (Å²) < 4.78 is 0. The molecule has 2 unspecified atom stereocenters. The third kappa shape index (κ3) is 8.50. The van der Waals surface area contributed by atoms with Gasteiger partial charge in [-0.2, -0.15) is 0 Å². The Hall–Kier alpha value is -3.59. The van der Waals surface area contributed by atoms with E-state index in [9.17, 15) is 24.6 Å². The highest BCUT2D eigenvalue weighted by molar-refractivity contribution is 6.03. The molecule has 8 nitrogen and oxygen atoms in total. The van der Waals surface area contributed by atoms with Crippen molar-refractivity contribution >= 4 is 29.0 Å². The standard InChI is InChI=1S/C35H45N3O5/c1-24(2)18-31(39)36-28-12-8-10-26(20-28)33(41)30-22-38(23-34(42)14-6-5-7-15-34)17-16-35(30,43)27-11-9-13-29(21-27)37-32(40)19-25(3)4/h8-13,18-21,30,42-43H,5-7,14-17,22-23H2,1-4H3,(H,36,39)(H,37,40). The van der Waals surface area contributed by atoms with Crippen LogP contribution in [0.3, 0.4) is 0 Å². The van der Waals surface area contributed by atoms with Gasteiger partial charge in [-0.3, -0.25) is 19.3 Å². The van der Waals surface area contributed by atoms with E-state index in [1.165, 1.54) is 12.2 Å². The molecule has 1 aliphatic heterocycles. The molecule has 0 radical (unpaired) electrons. The zero-order chi connectivity index (χ0) is 31.2. The van der Waals surface area contributed by atoms with Crippen LogP contribution in [-0.4, -0.2) is 57.9 Å². The first kappa shape index (κ1) is 32.3. The highest BCUT2D eigenvalue weighted by Gasteiger charge is 2.48. The maximum Gasteiger partial charge on any atom is 0.248 e. The van der Waals surface area contributed by atoms with Gasteiger partial charge in [0.2, 0.25) is 11.8 Å². The van der Waals surface area contributed by atoms with Gasteiger partial charge in [0.05, 0.1) is 11.5 Å². The van der Waals surface area contributed by atoms with Crippen molar-refractivity contribution in [2.75, 3.05) is 30.3 Å². The summed E-state index contributed by atoms with van der Waals surface area (Å²) >= 11 is 0. The summed E-state index contributed by atoms with van der Waals surface area (Å²) in [6.45, 7) is 8.57. The molecule has 0 spiro atoms. The molecule has 4 rings (SSSR count). The molecule has 1 saturated heterocycles. The number of ketones is 1. The number of piperidine rings is 1.